The Bertz CT molecular complexity index is 1600. The maximum absolute atomic E-state index is 13.3. The minimum Gasteiger partial charge on any atom is -0.444 e. The van der Waals surface area contributed by atoms with Gasteiger partial charge in [-0.25, -0.2) is 4.79 Å². The smallest absolute Gasteiger partial charge is 0.410 e. The van der Waals surface area contributed by atoms with E-state index in [9.17, 15) is 19.2 Å². The molecule has 0 aliphatic carbocycles. The first-order valence-electron chi connectivity index (χ1n) is 14.4. The first kappa shape index (κ1) is 30.1. The first-order chi connectivity index (χ1) is 20.4. The minimum atomic E-state index is -0.559. The number of nitrogens with zero attached hydrogens (tertiary/aromatic N) is 1. The molecule has 0 saturated carbocycles. The molecule has 0 spiro atoms. The monoisotopic (exact) mass is 603 g/mol. The molecule has 3 heterocycles. The second-order valence-corrected chi connectivity index (χ2v) is 13.0. The van der Waals surface area contributed by atoms with Gasteiger partial charge in [-0.3, -0.25) is 14.4 Å². The van der Waals surface area contributed by atoms with Gasteiger partial charge in [0.15, 0.2) is 0 Å². The maximum atomic E-state index is 13.3. The normalized spacial score (nSPS) is 17.3. The van der Waals surface area contributed by atoms with Crippen LogP contribution in [-0.2, 0) is 9.53 Å². The number of piperidine rings is 1. The third-order valence-corrected chi connectivity index (χ3v) is 8.63. The number of nitrogens with one attached hydrogen (secondary N) is 4. The fourth-order valence-electron chi connectivity index (χ4n) is 5.35. The number of amides is 4. The molecule has 4 amide bonds. The van der Waals surface area contributed by atoms with Crippen LogP contribution >= 0.6 is 11.3 Å². The number of carbonyl (C=O) groups excluding carboxylic acids is 4. The fourth-order valence-corrected chi connectivity index (χ4v) is 6.42. The van der Waals surface area contributed by atoms with Gasteiger partial charge in [0.25, 0.3) is 11.8 Å². The largest absolute Gasteiger partial charge is 0.444 e. The van der Waals surface area contributed by atoms with E-state index in [4.69, 9.17) is 4.74 Å². The number of hydrogen-bond acceptors (Lipinski definition) is 7. The molecular formula is C32H37N5O5S. The lowest BCUT2D eigenvalue weighted by Gasteiger charge is -2.34. The van der Waals surface area contributed by atoms with Crippen molar-refractivity contribution in [2.75, 3.05) is 35.6 Å². The molecule has 1 saturated heterocycles. The van der Waals surface area contributed by atoms with E-state index in [2.05, 4.69) is 27.8 Å². The van der Waals surface area contributed by atoms with Gasteiger partial charge in [0.05, 0.1) is 5.69 Å². The van der Waals surface area contributed by atoms with E-state index in [0.717, 1.165) is 21.3 Å². The Morgan fingerprint density at radius 1 is 1.09 bits per heavy atom. The first-order valence-corrected chi connectivity index (χ1v) is 15.2. The van der Waals surface area contributed by atoms with Gasteiger partial charge in [0.1, 0.15) is 10.5 Å². The molecule has 3 aromatic rings. The molecule has 4 N–H and O–H groups in total. The summed E-state index contributed by atoms with van der Waals surface area (Å²) in [4.78, 5) is 53.1. The molecule has 0 radical (unpaired) electrons. The van der Waals surface area contributed by atoms with E-state index >= 15 is 0 Å². The van der Waals surface area contributed by atoms with E-state index in [1.165, 1.54) is 17.4 Å². The highest BCUT2D eigenvalue weighted by Gasteiger charge is 2.29. The van der Waals surface area contributed by atoms with Crippen molar-refractivity contribution < 1.29 is 23.9 Å². The van der Waals surface area contributed by atoms with Crippen LogP contribution in [0.5, 0.6) is 0 Å². The molecule has 2 aliphatic rings. The summed E-state index contributed by atoms with van der Waals surface area (Å²) < 4.78 is 6.43. The topological polar surface area (TPSA) is 129 Å². The summed E-state index contributed by atoms with van der Waals surface area (Å²) in [6, 6.07) is 10.9. The quantitative estimate of drug-likeness (QED) is 0.267. The summed E-state index contributed by atoms with van der Waals surface area (Å²) in [5, 5.41) is 13.0. The number of carbonyl (C=O) groups is 4. The van der Waals surface area contributed by atoms with Crippen LogP contribution in [0.25, 0.3) is 10.1 Å². The second kappa shape index (κ2) is 12.1. The van der Waals surface area contributed by atoms with Crippen molar-refractivity contribution >= 4 is 62.3 Å². The van der Waals surface area contributed by atoms with Gasteiger partial charge in [-0.15, -0.1) is 11.3 Å². The fraction of sp³-hybridized carbons (Fsp3) is 0.375. The summed E-state index contributed by atoms with van der Waals surface area (Å²) in [5.41, 5.74) is 2.67. The zero-order chi connectivity index (χ0) is 30.9. The van der Waals surface area contributed by atoms with Crippen molar-refractivity contribution in [3.05, 3.63) is 65.1 Å². The number of fused-ring (bicyclic) bond motifs is 3. The number of likely N-dealkylation sites (tertiary alicyclic amines) is 1. The Kier molecular flexibility index (Phi) is 8.45. The van der Waals surface area contributed by atoms with Crippen molar-refractivity contribution in [1.82, 2.24) is 10.2 Å². The molecule has 2 aliphatic heterocycles. The predicted octanol–water partition coefficient (Wildman–Crippen LogP) is 5.94. The van der Waals surface area contributed by atoms with Gasteiger partial charge in [0, 0.05) is 52.7 Å². The van der Waals surface area contributed by atoms with Crippen molar-refractivity contribution in [3.63, 3.8) is 0 Å². The second-order valence-electron chi connectivity index (χ2n) is 12.0. The molecule has 11 heteroatoms. The third-order valence-electron chi connectivity index (χ3n) is 7.46. The van der Waals surface area contributed by atoms with Crippen LogP contribution in [0.4, 0.5) is 21.9 Å². The summed E-state index contributed by atoms with van der Waals surface area (Å²) in [7, 11) is 0. The molecule has 0 bridgehead atoms. The van der Waals surface area contributed by atoms with E-state index in [1.807, 2.05) is 45.9 Å². The molecule has 1 fully saturated rings. The number of rotatable bonds is 5. The van der Waals surface area contributed by atoms with E-state index < -0.39 is 5.60 Å². The van der Waals surface area contributed by atoms with E-state index in [0.29, 0.717) is 54.3 Å². The lowest BCUT2D eigenvalue weighted by molar-refractivity contribution is -0.111. The Morgan fingerprint density at radius 3 is 2.53 bits per heavy atom. The van der Waals surface area contributed by atoms with Crippen molar-refractivity contribution in [3.8, 4) is 0 Å². The molecule has 226 valence electrons. The van der Waals surface area contributed by atoms with Crippen molar-refractivity contribution in [2.24, 2.45) is 0 Å². The Hall–Kier alpha value is -4.38. The molecule has 2 aromatic carbocycles. The van der Waals surface area contributed by atoms with Crippen LogP contribution in [0, 0.1) is 0 Å². The van der Waals surface area contributed by atoms with Crippen LogP contribution in [0.3, 0.4) is 0 Å². The van der Waals surface area contributed by atoms with Crippen LogP contribution in [0.1, 0.15) is 72.0 Å². The SMILES string of the molecule is C=CC(=O)Nc1cc(NC(=O)c2ccc3sc4c(c3c2)NCC(C)NC4=O)ccc1C1CCN(C(=O)OC(C)(C)C)CC1. The Morgan fingerprint density at radius 2 is 1.84 bits per heavy atom. The molecule has 1 unspecified atom stereocenters. The van der Waals surface area contributed by atoms with Crippen molar-refractivity contribution in [2.45, 2.75) is 58.1 Å². The summed E-state index contributed by atoms with van der Waals surface area (Å²) in [5.74, 6) is -0.685. The zero-order valence-corrected chi connectivity index (χ0v) is 25.7. The summed E-state index contributed by atoms with van der Waals surface area (Å²) >= 11 is 1.39. The number of benzene rings is 2. The van der Waals surface area contributed by atoms with Gasteiger partial charge in [-0.2, -0.15) is 0 Å². The highest BCUT2D eigenvalue weighted by molar-refractivity contribution is 7.21. The van der Waals surface area contributed by atoms with Crippen molar-refractivity contribution in [1.29, 1.82) is 0 Å². The Balaban J connectivity index is 1.34. The summed E-state index contributed by atoms with van der Waals surface area (Å²) in [6.07, 6.45) is 2.29. The van der Waals surface area contributed by atoms with E-state index in [-0.39, 0.29) is 35.8 Å². The van der Waals surface area contributed by atoms with Gasteiger partial charge < -0.3 is 30.9 Å². The number of hydrogen-bond donors (Lipinski definition) is 4. The van der Waals surface area contributed by atoms with Crippen LogP contribution < -0.4 is 21.3 Å². The van der Waals surface area contributed by atoms with Crippen LogP contribution in [0.15, 0.2) is 49.1 Å². The molecule has 10 nitrogen and oxygen atoms in total. The van der Waals surface area contributed by atoms with Gasteiger partial charge >= 0.3 is 6.09 Å². The molecule has 5 rings (SSSR count). The predicted molar refractivity (Wildman–Crippen MR) is 170 cm³/mol. The van der Waals surface area contributed by atoms with Crippen LogP contribution in [-0.4, -0.2) is 60.0 Å². The highest BCUT2D eigenvalue weighted by atomic mass is 32.1. The molecule has 43 heavy (non-hydrogen) atoms. The number of anilines is 3. The lowest BCUT2D eigenvalue weighted by atomic mass is 9.88. The van der Waals surface area contributed by atoms with Gasteiger partial charge in [0.2, 0.25) is 5.91 Å². The average Bonchev–Trinajstić information content (AvgIpc) is 3.26. The van der Waals surface area contributed by atoms with Crippen LogP contribution in [0.2, 0.25) is 0 Å². The lowest BCUT2D eigenvalue weighted by Crippen LogP contribution is -2.41. The number of ether oxygens (including phenoxy) is 1. The summed E-state index contributed by atoms with van der Waals surface area (Å²) in [6.45, 7) is 12.7. The molecule has 1 aromatic heterocycles. The maximum Gasteiger partial charge on any atom is 0.410 e. The van der Waals surface area contributed by atoms with Gasteiger partial charge in [-0.05, 0) is 88.4 Å². The molecule has 1 atom stereocenters. The standard InChI is InChI=1S/C32H37N5O5S/c1-6-26(38)36-24-16-21(8-9-22(24)19-11-13-37(14-12-19)31(41)42-32(3,4)5)35-29(39)20-7-10-25-23(15-20)27-28(43-25)30(40)34-18(2)17-33-27/h6-10,15-16,18-19,33H,1,11-14,17H2,2-5H3,(H,34,40)(H,35,39)(H,36,38). The zero-order valence-electron chi connectivity index (χ0n) is 24.8. The average molecular weight is 604 g/mol. The Labute approximate surface area is 254 Å². The highest BCUT2D eigenvalue weighted by Crippen LogP contribution is 2.38. The minimum absolute atomic E-state index is 0.00935. The molecular weight excluding hydrogens is 566 g/mol. The van der Waals surface area contributed by atoms with Gasteiger partial charge in [-0.1, -0.05) is 12.6 Å². The third kappa shape index (κ3) is 6.83. The number of thiophene rings is 1. The van der Waals surface area contributed by atoms with E-state index in [1.54, 1.807) is 23.1 Å².